The maximum Gasteiger partial charge on any atom is 0.222 e. The second-order valence-corrected chi connectivity index (χ2v) is 8.27. The van der Waals surface area contributed by atoms with Gasteiger partial charge in [-0.25, -0.2) is 0 Å². The third kappa shape index (κ3) is 4.16. The minimum atomic E-state index is -0.0969. The first kappa shape index (κ1) is 18.1. The van der Waals surface area contributed by atoms with Crippen molar-refractivity contribution in [3.8, 4) is 5.75 Å². The van der Waals surface area contributed by atoms with Gasteiger partial charge in [0.25, 0.3) is 0 Å². The van der Waals surface area contributed by atoms with Crippen LogP contribution in [-0.4, -0.2) is 23.0 Å². The molecule has 4 rings (SSSR count). The van der Waals surface area contributed by atoms with Crippen molar-refractivity contribution in [3.05, 3.63) is 64.7 Å². The molecule has 0 aliphatic carbocycles. The minimum absolute atomic E-state index is 0.0969. The van der Waals surface area contributed by atoms with Gasteiger partial charge in [-0.15, -0.1) is 0 Å². The molecule has 2 aliphatic rings. The largest absolute Gasteiger partial charge is 0.487 e. The Labute approximate surface area is 161 Å². The van der Waals surface area contributed by atoms with E-state index in [4.69, 9.17) is 4.74 Å². The summed E-state index contributed by atoms with van der Waals surface area (Å²) < 4.78 is 5.96. The molecule has 0 radical (unpaired) electrons. The van der Waals surface area contributed by atoms with Crippen molar-refractivity contribution in [3.63, 3.8) is 0 Å². The van der Waals surface area contributed by atoms with Crippen LogP contribution in [0.15, 0.2) is 42.5 Å². The van der Waals surface area contributed by atoms with Gasteiger partial charge in [0, 0.05) is 39.0 Å². The number of hydrogen-bond donors (Lipinski definition) is 1. The van der Waals surface area contributed by atoms with E-state index in [0.29, 0.717) is 6.42 Å². The minimum Gasteiger partial charge on any atom is -0.487 e. The average Bonchev–Trinajstić information content (AvgIpc) is 3.17. The van der Waals surface area contributed by atoms with Crippen molar-refractivity contribution in [1.29, 1.82) is 0 Å². The number of amides is 1. The Kier molecular flexibility index (Phi) is 4.92. The zero-order valence-corrected chi connectivity index (χ0v) is 16.3. The van der Waals surface area contributed by atoms with Crippen molar-refractivity contribution in [2.45, 2.75) is 58.3 Å². The molecule has 0 saturated carbocycles. The van der Waals surface area contributed by atoms with Gasteiger partial charge in [0.05, 0.1) is 0 Å². The highest BCUT2D eigenvalue weighted by atomic mass is 16.5. The lowest BCUT2D eigenvalue weighted by Crippen LogP contribution is -2.25. The van der Waals surface area contributed by atoms with Crippen molar-refractivity contribution in [1.82, 2.24) is 10.2 Å². The Morgan fingerprint density at radius 1 is 1.11 bits per heavy atom. The maximum absolute atomic E-state index is 11.9. The highest BCUT2D eigenvalue weighted by Gasteiger charge is 2.29. The Bertz CT molecular complexity index is 844. The maximum atomic E-state index is 11.9. The molecule has 142 valence electrons. The first-order valence-electron chi connectivity index (χ1n) is 9.86. The van der Waals surface area contributed by atoms with Crippen LogP contribution in [-0.2, 0) is 30.8 Å². The predicted molar refractivity (Wildman–Crippen MR) is 106 cm³/mol. The lowest BCUT2D eigenvalue weighted by molar-refractivity contribution is -0.128. The first-order chi connectivity index (χ1) is 13.0. The second-order valence-electron chi connectivity index (χ2n) is 8.27. The van der Waals surface area contributed by atoms with Crippen molar-refractivity contribution >= 4 is 5.91 Å². The zero-order chi connectivity index (χ0) is 18.9. The molecule has 2 aliphatic heterocycles. The smallest absolute Gasteiger partial charge is 0.222 e. The Morgan fingerprint density at radius 3 is 2.70 bits per heavy atom. The number of likely N-dealkylation sites (tertiary alicyclic amines) is 1. The highest BCUT2D eigenvalue weighted by Crippen LogP contribution is 2.35. The van der Waals surface area contributed by atoms with Crippen LogP contribution in [0, 0.1) is 0 Å². The summed E-state index contributed by atoms with van der Waals surface area (Å²) in [5.41, 5.74) is 4.99. The number of hydrogen-bond acceptors (Lipinski definition) is 3. The van der Waals surface area contributed by atoms with E-state index >= 15 is 0 Å². The van der Waals surface area contributed by atoms with E-state index in [9.17, 15) is 4.79 Å². The number of carbonyl (C=O) groups excluding carboxylic acids is 1. The summed E-state index contributed by atoms with van der Waals surface area (Å²) in [6, 6.07) is 14.9. The van der Waals surface area contributed by atoms with E-state index in [1.807, 2.05) is 4.90 Å². The topological polar surface area (TPSA) is 41.6 Å². The van der Waals surface area contributed by atoms with Crippen LogP contribution in [0.5, 0.6) is 5.75 Å². The quantitative estimate of drug-likeness (QED) is 0.847. The molecule has 27 heavy (non-hydrogen) atoms. The molecule has 2 aromatic rings. The number of nitrogens with zero attached hydrogens (tertiary/aromatic N) is 1. The number of carbonyl (C=O) groups is 1. The van der Waals surface area contributed by atoms with Gasteiger partial charge in [-0.3, -0.25) is 4.79 Å². The fourth-order valence-corrected chi connectivity index (χ4v) is 4.08. The van der Waals surface area contributed by atoms with E-state index in [-0.39, 0.29) is 11.5 Å². The van der Waals surface area contributed by atoms with E-state index in [1.54, 1.807) is 0 Å². The van der Waals surface area contributed by atoms with Crippen LogP contribution in [0.4, 0.5) is 0 Å². The summed E-state index contributed by atoms with van der Waals surface area (Å²) in [6.45, 7) is 7.50. The Morgan fingerprint density at radius 2 is 1.93 bits per heavy atom. The molecule has 4 heteroatoms. The number of nitrogens with one attached hydrogen (secondary N) is 1. The molecule has 1 saturated heterocycles. The molecule has 4 nitrogen and oxygen atoms in total. The lowest BCUT2D eigenvalue weighted by atomic mass is 10.00. The molecule has 1 fully saturated rings. The van der Waals surface area contributed by atoms with E-state index < -0.39 is 0 Å². The monoisotopic (exact) mass is 364 g/mol. The van der Waals surface area contributed by atoms with Crippen molar-refractivity contribution in [2.75, 3.05) is 6.54 Å². The number of benzene rings is 2. The Hall–Kier alpha value is -2.33. The zero-order valence-electron chi connectivity index (χ0n) is 16.3. The highest BCUT2D eigenvalue weighted by molar-refractivity contribution is 5.78. The van der Waals surface area contributed by atoms with Gasteiger partial charge in [0.2, 0.25) is 5.91 Å². The molecule has 0 unspecified atom stereocenters. The molecule has 1 N–H and O–H groups in total. The van der Waals surface area contributed by atoms with Gasteiger partial charge in [0.15, 0.2) is 0 Å². The molecule has 2 aromatic carbocycles. The third-order valence-electron chi connectivity index (χ3n) is 5.42. The Balaban J connectivity index is 1.37. The van der Waals surface area contributed by atoms with Gasteiger partial charge >= 0.3 is 0 Å². The van der Waals surface area contributed by atoms with Crippen LogP contribution >= 0.6 is 0 Å². The summed E-state index contributed by atoms with van der Waals surface area (Å²) in [7, 11) is 0. The van der Waals surface area contributed by atoms with Crippen LogP contribution < -0.4 is 10.1 Å². The third-order valence-corrected chi connectivity index (χ3v) is 5.42. The normalized spacial score (nSPS) is 17.9. The van der Waals surface area contributed by atoms with E-state index in [2.05, 4.69) is 61.6 Å². The van der Waals surface area contributed by atoms with Crippen molar-refractivity contribution < 1.29 is 9.53 Å². The molecular weight excluding hydrogens is 336 g/mol. The summed E-state index contributed by atoms with van der Waals surface area (Å²) in [6.07, 6.45) is 2.64. The first-order valence-corrected chi connectivity index (χ1v) is 9.86. The standard InChI is InChI=1S/C23H28N2O2/c1-23(2)13-20-12-17(9-10-21(20)27-23)14-24-15-18-6-3-4-7-19(18)16-25-11-5-8-22(25)26/h3-4,6-7,9-10,12,24H,5,8,11,13-16H2,1-2H3. The lowest BCUT2D eigenvalue weighted by Gasteiger charge is -2.18. The predicted octanol–water partition coefficient (Wildman–Crippen LogP) is 3.81. The fraction of sp³-hybridized carbons (Fsp3) is 0.435. The van der Waals surface area contributed by atoms with Gasteiger partial charge in [-0.2, -0.15) is 0 Å². The van der Waals surface area contributed by atoms with Crippen molar-refractivity contribution in [2.24, 2.45) is 0 Å². The molecule has 0 aromatic heterocycles. The van der Waals surface area contributed by atoms with Crippen LogP contribution in [0.25, 0.3) is 0 Å². The van der Waals surface area contributed by atoms with E-state index in [1.165, 1.54) is 22.3 Å². The summed E-state index contributed by atoms with van der Waals surface area (Å²) in [4.78, 5) is 13.9. The van der Waals surface area contributed by atoms with Gasteiger partial charge < -0.3 is 15.0 Å². The fourth-order valence-electron chi connectivity index (χ4n) is 4.08. The molecule has 0 atom stereocenters. The molecule has 2 heterocycles. The number of ether oxygens (including phenoxy) is 1. The van der Waals surface area contributed by atoms with Gasteiger partial charge in [0.1, 0.15) is 11.4 Å². The summed E-state index contributed by atoms with van der Waals surface area (Å²) in [5.74, 6) is 1.30. The number of rotatable bonds is 6. The van der Waals surface area contributed by atoms with Crippen LogP contribution in [0.1, 0.15) is 48.9 Å². The molecule has 0 bridgehead atoms. The number of fused-ring (bicyclic) bond motifs is 1. The SMILES string of the molecule is CC1(C)Cc2cc(CNCc3ccccc3CN3CCCC3=O)ccc2O1. The molecule has 1 amide bonds. The van der Waals surface area contributed by atoms with E-state index in [0.717, 1.165) is 44.8 Å². The summed E-state index contributed by atoms with van der Waals surface area (Å²) in [5, 5.41) is 3.56. The van der Waals surface area contributed by atoms with Gasteiger partial charge in [-0.05, 0) is 48.6 Å². The second kappa shape index (κ2) is 7.35. The van der Waals surface area contributed by atoms with Crippen LogP contribution in [0.2, 0.25) is 0 Å². The molecular formula is C23H28N2O2. The average molecular weight is 364 g/mol. The summed E-state index contributed by atoms with van der Waals surface area (Å²) >= 11 is 0. The van der Waals surface area contributed by atoms with Gasteiger partial charge in [-0.1, -0.05) is 36.4 Å². The van der Waals surface area contributed by atoms with Crippen LogP contribution in [0.3, 0.4) is 0 Å². The molecule has 0 spiro atoms.